The summed E-state index contributed by atoms with van der Waals surface area (Å²) in [6, 6.07) is 7.96. The second-order valence-electron chi connectivity index (χ2n) is 5.53. The van der Waals surface area contributed by atoms with Crippen molar-refractivity contribution in [2.75, 3.05) is 13.1 Å². The summed E-state index contributed by atoms with van der Waals surface area (Å²) in [5.74, 6) is 0.0264. The summed E-state index contributed by atoms with van der Waals surface area (Å²) in [6.07, 6.45) is 6.59. The lowest BCUT2D eigenvalue weighted by atomic mass is 10.0. The minimum Gasteiger partial charge on any atom is -0.334 e. The fraction of sp³-hybridized carbons (Fsp3) is 0.375. The summed E-state index contributed by atoms with van der Waals surface area (Å²) in [5.41, 5.74) is 7.34. The molecule has 1 atom stereocenters. The molecular formula is C16H20BrClN4O. The third kappa shape index (κ3) is 3.94. The quantitative estimate of drug-likeness (QED) is 0.863. The van der Waals surface area contributed by atoms with Crippen molar-refractivity contribution in [3.05, 3.63) is 46.7 Å². The summed E-state index contributed by atoms with van der Waals surface area (Å²) in [4.78, 5) is 14.6. The van der Waals surface area contributed by atoms with Gasteiger partial charge in [0.15, 0.2) is 0 Å². The van der Waals surface area contributed by atoms with Crippen LogP contribution in [0.25, 0.3) is 5.69 Å². The van der Waals surface area contributed by atoms with E-state index in [-0.39, 0.29) is 24.4 Å². The number of carbonyl (C=O) groups excluding carboxylic acids is 1. The normalized spacial score (nSPS) is 17.7. The zero-order valence-corrected chi connectivity index (χ0v) is 15.1. The number of halogens is 2. The Morgan fingerprint density at radius 2 is 2.04 bits per heavy atom. The molecule has 1 amide bonds. The number of hydrogen-bond acceptors (Lipinski definition) is 3. The largest absolute Gasteiger partial charge is 0.334 e. The predicted molar refractivity (Wildman–Crippen MR) is 96.2 cm³/mol. The summed E-state index contributed by atoms with van der Waals surface area (Å²) in [5, 5.41) is 4.31. The lowest BCUT2D eigenvalue weighted by molar-refractivity contribution is 0.0623. The van der Waals surface area contributed by atoms with Gasteiger partial charge in [-0.3, -0.25) is 4.79 Å². The molecule has 2 N–H and O–H groups in total. The van der Waals surface area contributed by atoms with Crippen LogP contribution in [0, 0.1) is 0 Å². The number of carbonyl (C=O) groups is 1. The Balaban J connectivity index is 0.00000192. The first kappa shape index (κ1) is 18.0. The van der Waals surface area contributed by atoms with Gasteiger partial charge >= 0.3 is 0 Å². The second-order valence-corrected chi connectivity index (χ2v) is 6.45. The van der Waals surface area contributed by atoms with Crippen molar-refractivity contribution in [2.24, 2.45) is 5.73 Å². The van der Waals surface area contributed by atoms with Gasteiger partial charge in [-0.15, -0.1) is 12.4 Å². The number of piperidine rings is 1. The average molecular weight is 400 g/mol. The number of nitrogens with zero attached hydrogens (tertiary/aromatic N) is 3. The topological polar surface area (TPSA) is 64.2 Å². The van der Waals surface area contributed by atoms with Crippen LogP contribution in [0.2, 0.25) is 0 Å². The lowest BCUT2D eigenvalue weighted by Gasteiger charge is -2.34. The first-order valence-electron chi connectivity index (χ1n) is 7.50. The van der Waals surface area contributed by atoms with Crippen LogP contribution in [0.15, 0.2) is 41.1 Å². The van der Waals surface area contributed by atoms with Crippen molar-refractivity contribution in [1.29, 1.82) is 0 Å². The molecule has 1 aromatic carbocycles. The fourth-order valence-electron chi connectivity index (χ4n) is 2.85. The van der Waals surface area contributed by atoms with Gasteiger partial charge in [0.05, 0.1) is 17.4 Å². The Morgan fingerprint density at radius 1 is 1.30 bits per heavy atom. The standard InChI is InChI=1S/C16H19BrN4O.ClH/c17-13-4-6-14(7-5-13)21-11-12(10-19-21)16(22)20-8-2-1-3-15(20)9-18;/h4-7,10-11,15H,1-3,8-9,18H2;1H. The van der Waals surface area contributed by atoms with Crippen LogP contribution in [0.3, 0.4) is 0 Å². The maximum absolute atomic E-state index is 12.7. The number of benzene rings is 1. The first-order valence-corrected chi connectivity index (χ1v) is 8.30. The van der Waals surface area contributed by atoms with Crippen molar-refractivity contribution in [1.82, 2.24) is 14.7 Å². The van der Waals surface area contributed by atoms with Gasteiger partial charge in [0.25, 0.3) is 5.91 Å². The highest BCUT2D eigenvalue weighted by molar-refractivity contribution is 9.10. The van der Waals surface area contributed by atoms with Crippen LogP contribution in [0.5, 0.6) is 0 Å². The monoisotopic (exact) mass is 398 g/mol. The molecule has 23 heavy (non-hydrogen) atoms. The average Bonchev–Trinajstić information content (AvgIpc) is 3.05. The maximum Gasteiger partial charge on any atom is 0.257 e. The van der Waals surface area contributed by atoms with Crippen LogP contribution in [-0.2, 0) is 0 Å². The summed E-state index contributed by atoms with van der Waals surface area (Å²) < 4.78 is 2.74. The molecule has 1 saturated heterocycles. The van der Waals surface area contributed by atoms with E-state index in [0.29, 0.717) is 12.1 Å². The Hall–Kier alpha value is -1.37. The zero-order valence-electron chi connectivity index (χ0n) is 12.7. The molecule has 1 aromatic heterocycles. The fourth-order valence-corrected chi connectivity index (χ4v) is 3.11. The molecular weight excluding hydrogens is 380 g/mol. The van der Waals surface area contributed by atoms with Crippen molar-refractivity contribution < 1.29 is 4.79 Å². The van der Waals surface area contributed by atoms with Gasteiger partial charge in [-0.05, 0) is 43.5 Å². The highest BCUT2D eigenvalue weighted by Crippen LogP contribution is 2.20. The molecule has 5 nitrogen and oxygen atoms in total. The minimum atomic E-state index is 0. The molecule has 1 fully saturated rings. The van der Waals surface area contributed by atoms with Gasteiger partial charge in [-0.1, -0.05) is 15.9 Å². The van der Waals surface area contributed by atoms with E-state index in [4.69, 9.17) is 5.73 Å². The molecule has 0 spiro atoms. The Kier molecular flexibility index (Phi) is 6.21. The van der Waals surface area contributed by atoms with Gasteiger partial charge < -0.3 is 10.6 Å². The summed E-state index contributed by atoms with van der Waals surface area (Å²) in [6.45, 7) is 1.30. The second kappa shape index (κ2) is 7.95. The number of likely N-dealkylation sites (tertiary alicyclic amines) is 1. The molecule has 124 valence electrons. The Labute approximate surface area is 150 Å². The molecule has 1 aliphatic rings. The molecule has 3 rings (SSSR count). The summed E-state index contributed by atoms with van der Waals surface area (Å²) in [7, 11) is 0. The predicted octanol–water partition coefficient (Wildman–Crippen LogP) is 3.01. The van der Waals surface area contributed by atoms with Crippen LogP contribution >= 0.6 is 28.3 Å². The van der Waals surface area contributed by atoms with Gasteiger partial charge in [-0.2, -0.15) is 5.10 Å². The van der Waals surface area contributed by atoms with Crippen LogP contribution in [0.4, 0.5) is 0 Å². The van der Waals surface area contributed by atoms with Crippen LogP contribution in [-0.4, -0.2) is 39.7 Å². The van der Waals surface area contributed by atoms with Crippen LogP contribution < -0.4 is 5.73 Å². The molecule has 2 aromatic rings. The molecule has 1 unspecified atom stereocenters. The van der Waals surface area contributed by atoms with E-state index in [0.717, 1.165) is 36.0 Å². The van der Waals surface area contributed by atoms with E-state index in [9.17, 15) is 4.79 Å². The molecule has 1 aliphatic heterocycles. The molecule has 0 saturated carbocycles. The molecule has 2 heterocycles. The number of nitrogens with two attached hydrogens (primary N) is 1. The van der Waals surface area contributed by atoms with E-state index in [1.165, 1.54) is 0 Å². The summed E-state index contributed by atoms with van der Waals surface area (Å²) >= 11 is 3.41. The number of hydrogen-bond donors (Lipinski definition) is 1. The van der Waals surface area contributed by atoms with E-state index in [2.05, 4.69) is 21.0 Å². The van der Waals surface area contributed by atoms with Crippen molar-refractivity contribution in [3.8, 4) is 5.69 Å². The van der Waals surface area contributed by atoms with E-state index in [1.807, 2.05) is 29.2 Å². The van der Waals surface area contributed by atoms with Crippen LogP contribution in [0.1, 0.15) is 29.6 Å². The molecule has 0 radical (unpaired) electrons. The lowest BCUT2D eigenvalue weighted by Crippen LogP contribution is -2.47. The number of amides is 1. The smallest absolute Gasteiger partial charge is 0.257 e. The number of aromatic nitrogens is 2. The highest BCUT2D eigenvalue weighted by Gasteiger charge is 2.27. The van der Waals surface area contributed by atoms with Crippen molar-refractivity contribution in [3.63, 3.8) is 0 Å². The van der Waals surface area contributed by atoms with Gasteiger partial charge in [0, 0.05) is 29.8 Å². The Bertz CT molecular complexity index is 658. The highest BCUT2D eigenvalue weighted by atomic mass is 79.9. The van der Waals surface area contributed by atoms with Crippen molar-refractivity contribution >= 4 is 34.2 Å². The minimum absolute atomic E-state index is 0. The zero-order chi connectivity index (χ0) is 15.5. The Morgan fingerprint density at radius 3 is 2.74 bits per heavy atom. The SMILES string of the molecule is Cl.NCC1CCCCN1C(=O)c1cnn(-c2ccc(Br)cc2)c1. The number of rotatable bonds is 3. The third-order valence-electron chi connectivity index (χ3n) is 4.08. The van der Waals surface area contributed by atoms with E-state index in [1.54, 1.807) is 17.1 Å². The first-order chi connectivity index (χ1) is 10.7. The molecule has 0 aliphatic carbocycles. The molecule has 0 bridgehead atoms. The van der Waals surface area contributed by atoms with E-state index >= 15 is 0 Å². The maximum atomic E-state index is 12.7. The third-order valence-corrected chi connectivity index (χ3v) is 4.61. The van der Waals surface area contributed by atoms with Gasteiger partial charge in [0.1, 0.15) is 0 Å². The van der Waals surface area contributed by atoms with Crippen molar-refractivity contribution in [2.45, 2.75) is 25.3 Å². The van der Waals surface area contributed by atoms with Gasteiger partial charge in [-0.25, -0.2) is 4.68 Å². The van der Waals surface area contributed by atoms with Gasteiger partial charge in [0.2, 0.25) is 0 Å². The van der Waals surface area contributed by atoms with E-state index < -0.39 is 0 Å². The molecule has 7 heteroatoms.